The van der Waals surface area contributed by atoms with Crippen molar-refractivity contribution >= 4 is 28.0 Å². The Kier molecular flexibility index (Phi) is 6.41. The topological polar surface area (TPSA) is 98.7 Å². The van der Waals surface area contributed by atoms with Gasteiger partial charge in [-0.2, -0.15) is 26.6 Å². The summed E-state index contributed by atoms with van der Waals surface area (Å²) in [7, 11) is -5.88. The van der Waals surface area contributed by atoms with Gasteiger partial charge < -0.3 is 13.8 Å². The number of aromatic nitrogens is 2. The van der Waals surface area contributed by atoms with Crippen molar-refractivity contribution in [2.75, 3.05) is 12.8 Å². The predicted molar refractivity (Wildman–Crippen MR) is 100 cm³/mol. The van der Waals surface area contributed by atoms with E-state index in [0.29, 0.717) is 0 Å². The highest BCUT2D eigenvalue weighted by Crippen LogP contribution is 2.32. The molecule has 0 spiro atoms. The third-order valence-electron chi connectivity index (χ3n) is 4.12. The number of thioether (sulfide) groups is 1. The van der Waals surface area contributed by atoms with Crippen LogP contribution in [0.15, 0.2) is 35.5 Å². The number of amides is 1. The first-order valence-corrected chi connectivity index (χ1v) is 11.1. The van der Waals surface area contributed by atoms with Gasteiger partial charge >= 0.3 is 21.7 Å². The van der Waals surface area contributed by atoms with Gasteiger partial charge in [-0.15, -0.1) is 0 Å². The van der Waals surface area contributed by atoms with Crippen molar-refractivity contribution in [3.8, 4) is 5.88 Å². The molecule has 0 unspecified atom stereocenters. The molecule has 8 nitrogen and oxygen atoms in total. The number of hydrogen-bond acceptors (Lipinski definition) is 8. The molecule has 1 aromatic heterocycles. The van der Waals surface area contributed by atoms with Crippen LogP contribution < -0.4 is 4.18 Å². The first-order valence-electron chi connectivity index (χ1n) is 8.51. The molecule has 0 saturated carbocycles. The van der Waals surface area contributed by atoms with E-state index in [1.54, 1.807) is 30.5 Å². The van der Waals surface area contributed by atoms with Crippen molar-refractivity contribution in [2.45, 2.75) is 30.2 Å². The van der Waals surface area contributed by atoms with Gasteiger partial charge in [-0.3, -0.25) is 0 Å². The van der Waals surface area contributed by atoms with Crippen molar-refractivity contribution in [1.82, 2.24) is 14.9 Å². The number of alkyl halides is 3. The van der Waals surface area contributed by atoms with Crippen molar-refractivity contribution in [2.24, 2.45) is 0 Å². The SMILES string of the molecule is CSc1nc2c(c(OS(=O)(=O)C(F)(F)F)n1)CCN(C(=O)OCc1ccccc1)C2. The van der Waals surface area contributed by atoms with E-state index < -0.39 is 27.6 Å². The fourth-order valence-electron chi connectivity index (χ4n) is 2.65. The second kappa shape index (κ2) is 8.68. The molecule has 30 heavy (non-hydrogen) atoms. The number of hydrogen-bond donors (Lipinski definition) is 0. The summed E-state index contributed by atoms with van der Waals surface area (Å²) in [6.07, 6.45) is 0.949. The summed E-state index contributed by atoms with van der Waals surface area (Å²) in [5, 5.41) is 0.0145. The number of nitrogens with zero attached hydrogens (tertiary/aromatic N) is 3. The van der Waals surface area contributed by atoms with E-state index in [1.807, 2.05) is 6.07 Å². The number of rotatable bonds is 5. The molecule has 3 rings (SSSR count). The number of carbonyl (C=O) groups is 1. The van der Waals surface area contributed by atoms with E-state index in [1.165, 1.54) is 4.90 Å². The van der Waals surface area contributed by atoms with E-state index in [0.717, 1.165) is 17.3 Å². The molecule has 0 aliphatic carbocycles. The van der Waals surface area contributed by atoms with Crippen molar-refractivity contribution in [3.05, 3.63) is 47.2 Å². The summed E-state index contributed by atoms with van der Waals surface area (Å²) in [5.41, 5.74) is -4.49. The van der Waals surface area contributed by atoms with E-state index in [-0.39, 0.29) is 42.5 Å². The maximum atomic E-state index is 12.7. The van der Waals surface area contributed by atoms with Crippen molar-refractivity contribution < 1.29 is 35.3 Å². The molecule has 1 aromatic carbocycles. The maximum Gasteiger partial charge on any atom is 0.534 e. The second-order valence-corrected chi connectivity index (χ2v) is 8.45. The summed E-state index contributed by atoms with van der Waals surface area (Å²) in [6, 6.07) is 9.02. The van der Waals surface area contributed by atoms with Crippen LogP contribution in [0.3, 0.4) is 0 Å². The molecule has 1 amide bonds. The van der Waals surface area contributed by atoms with Crippen LogP contribution in [0.5, 0.6) is 5.88 Å². The highest BCUT2D eigenvalue weighted by Gasteiger charge is 2.49. The molecule has 0 atom stereocenters. The summed E-state index contributed by atoms with van der Waals surface area (Å²) >= 11 is 0.993. The van der Waals surface area contributed by atoms with Crippen LogP contribution in [-0.4, -0.2) is 47.7 Å². The zero-order valence-corrected chi connectivity index (χ0v) is 17.2. The number of benzene rings is 1. The molecule has 0 fully saturated rings. The largest absolute Gasteiger partial charge is 0.534 e. The standard InChI is InChI=1S/C17H16F3N3O5S2/c1-29-15-21-13-9-23(16(24)27-10-11-5-3-2-4-6-11)8-7-12(13)14(22-15)28-30(25,26)17(18,19)20/h2-6H,7-10H2,1H3. The highest BCUT2D eigenvalue weighted by molar-refractivity contribution is 7.98. The Labute approximate surface area is 174 Å². The lowest BCUT2D eigenvalue weighted by atomic mass is 10.1. The van der Waals surface area contributed by atoms with Crippen LogP contribution in [0.2, 0.25) is 0 Å². The lowest BCUT2D eigenvalue weighted by Gasteiger charge is -2.28. The molecule has 2 aromatic rings. The minimum absolute atomic E-state index is 0.00709. The minimum atomic E-state index is -5.88. The molecule has 0 radical (unpaired) electrons. The Morgan fingerprint density at radius 1 is 1.23 bits per heavy atom. The Balaban J connectivity index is 1.78. The molecule has 0 N–H and O–H groups in total. The maximum absolute atomic E-state index is 12.7. The van der Waals surface area contributed by atoms with Gasteiger partial charge in [-0.05, 0) is 18.2 Å². The minimum Gasteiger partial charge on any atom is -0.445 e. The van der Waals surface area contributed by atoms with E-state index in [4.69, 9.17) is 4.74 Å². The normalized spacial score (nSPS) is 14.2. The van der Waals surface area contributed by atoms with Gasteiger partial charge in [0, 0.05) is 12.1 Å². The Bertz CT molecular complexity index is 1030. The Morgan fingerprint density at radius 3 is 2.57 bits per heavy atom. The smallest absolute Gasteiger partial charge is 0.445 e. The lowest BCUT2D eigenvalue weighted by molar-refractivity contribution is -0.0502. The average Bonchev–Trinajstić information content (AvgIpc) is 2.71. The number of ether oxygens (including phenoxy) is 1. The van der Waals surface area contributed by atoms with Crippen LogP contribution in [-0.2, 0) is 34.4 Å². The molecular formula is C17H16F3N3O5S2. The number of fused-ring (bicyclic) bond motifs is 1. The first kappa shape index (κ1) is 22.2. The zero-order valence-electron chi connectivity index (χ0n) is 15.5. The van der Waals surface area contributed by atoms with Crippen LogP contribution in [0, 0.1) is 0 Å². The van der Waals surface area contributed by atoms with Gasteiger partial charge in [-0.25, -0.2) is 9.78 Å². The number of halogens is 3. The van der Waals surface area contributed by atoms with Gasteiger partial charge in [0.15, 0.2) is 5.16 Å². The summed E-state index contributed by atoms with van der Waals surface area (Å²) in [6.45, 7) is 0.0491. The monoisotopic (exact) mass is 463 g/mol. The fourth-order valence-corrected chi connectivity index (χ4v) is 3.47. The van der Waals surface area contributed by atoms with Crippen molar-refractivity contribution in [3.63, 3.8) is 0 Å². The summed E-state index contributed by atoms with van der Waals surface area (Å²) < 4.78 is 70.4. The fraction of sp³-hybridized carbons (Fsp3) is 0.353. The van der Waals surface area contributed by atoms with Crippen LogP contribution in [0.1, 0.15) is 16.8 Å². The first-order chi connectivity index (χ1) is 14.1. The van der Waals surface area contributed by atoms with Gasteiger partial charge in [0.25, 0.3) is 0 Å². The predicted octanol–water partition coefficient (Wildman–Crippen LogP) is 3.12. The Hall–Kier alpha value is -2.54. The molecule has 1 aliphatic heterocycles. The molecule has 13 heteroatoms. The van der Waals surface area contributed by atoms with Crippen LogP contribution in [0.25, 0.3) is 0 Å². The third-order valence-corrected chi connectivity index (χ3v) is 5.62. The van der Waals surface area contributed by atoms with Gasteiger partial charge in [0.2, 0.25) is 5.88 Å². The van der Waals surface area contributed by atoms with Crippen LogP contribution >= 0.6 is 11.8 Å². The Morgan fingerprint density at radius 2 is 1.93 bits per heavy atom. The van der Waals surface area contributed by atoms with Gasteiger partial charge in [0.05, 0.1) is 12.2 Å². The second-order valence-electron chi connectivity index (χ2n) is 6.14. The van der Waals surface area contributed by atoms with Crippen LogP contribution in [0.4, 0.5) is 18.0 Å². The highest BCUT2D eigenvalue weighted by atomic mass is 32.2. The van der Waals surface area contributed by atoms with E-state index >= 15 is 0 Å². The van der Waals surface area contributed by atoms with E-state index in [9.17, 15) is 26.4 Å². The molecule has 0 saturated heterocycles. The molecule has 162 valence electrons. The third kappa shape index (κ3) is 4.95. The lowest BCUT2D eigenvalue weighted by Crippen LogP contribution is -2.37. The molecule has 0 bridgehead atoms. The zero-order chi connectivity index (χ0) is 21.9. The van der Waals surface area contributed by atoms with Gasteiger partial charge in [-0.1, -0.05) is 42.1 Å². The molecule has 1 aliphatic rings. The van der Waals surface area contributed by atoms with Gasteiger partial charge in [0.1, 0.15) is 6.61 Å². The van der Waals surface area contributed by atoms with E-state index in [2.05, 4.69) is 14.2 Å². The quantitative estimate of drug-likeness (QED) is 0.289. The molecule has 2 heterocycles. The molecular weight excluding hydrogens is 447 g/mol. The summed E-state index contributed by atoms with van der Waals surface area (Å²) in [4.78, 5) is 21.6. The van der Waals surface area contributed by atoms with Crippen molar-refractivity contribution in [1.29, 1.82) is 0 Å². The number of carbonyl (C=O) groups excluding carboxylic acids is 1. The average molecular weight is 463 g/mol. The summed E-state index contributed by atoms with van der Waals surface area (Å²) in [5.74, 6) is -0.682.